The Morgan fingerprint density at radius 2 is 2.17 bits per heavy atom. The van der Waals surface area contributed by atoms with Crippen LogP contribution in [0.15, 0.2) is 24.3 Å². The van der Waals surface area contributed by atoms with Crippen LogP contribution >= 0.6 is 0 Å². The number of urea groups is 1. The maximum atomic E-state index is 12.7. The van der Waals surface area contributed by atoms with Crippen LogP contribution in [0.1, 0.15) is 22.7 Å². The van der Waals surface area contributed by atoms with Gasteiger partial charge in [0, 0.05) is 5.56 Å². The zero-order chi connectivity index (χ0) is 17.9. The molecule has 1 aromatic carbocycles. The molecule has 7 nitrogen and oxygen atoms in total. The van der Waals surface area contributed by atoms with Crippen molar-refractivity contribution >= 4 is 17.7 Å². The highest BCUT2D eigenvalue weighted by molar-refractivity contribution is 5.89. The molecule has 1 atom stereocenters. The van der Waals surface area contributed by atoms with E-state index < -0.39 is 30.4 Å². The number of H-pyrrole nitrogens is 1. The number of nitrogens with one attached hydrogen (secondary N) is 3. The maximum absolute atomic E-state index is 12.7. The van der Waals surface area contributed by atoms with Gasteiger partial charge in [-0.25, -0.2) is 4.79 Å². The number of aliphatic hydroxyl groups is 1. The van der Waals surface area contributed by atoms with Gasteiger partial charge in [0.25, 0.3) is 0 Å². The van der Waals surface area contributed by atoms with Crippen LogP contribution in [0.25, 0.3) is 0 Å². The normalized spacial score (nSPS) is 12.7. The second-order valence-electron chi connectivity index (χ2n) is 5.07. The Morgan fingerprint density at radius 1 is 1.46 bits per heavy atom. The zero-order valence-corrected chi connectivity index (χ0v) is 12.6. The second kappa shape index (κ2) is 6.79. The van der Waals surface area contributed by atoms with Crippen molar-refractivity contribution in [2.75, 3.05) is 17.7 Å². The molecular formula is C14H16F3N5O2. The average Bonchev–Trinajstić information content (AvgIpc) is 2.84. The van der Waals surface area contributed by atoms with Gasteiger partial charge in [0.1, 0.15) is 5.82 Å². The number of benzene rings is 1. The van der Waals surface area contributed by atoms with Crippen LogP contribution in [-0.4, -0.2) is 27.9 Å². The van der Waals surface area contributed by atoms with Crippen LogP contribution < -0.4 is 16.4 Å². The van der Waals surface area contributed by atoms with E-state index in [4.69, 9.17) is 5.73 Å². The van der Waals surface area contributed by atoms with E-state index in [0.29, 0.717) is 5.56 Å². The maximum Gasteiger partial charge on any atom is 0.416 e. The summed E-state index contributed by atoms with van der Waals surface area (Å²) in [5.74, 6) is 0.465. The Bertz CT molecular complexity index is 729. The highest BCUT2D eigenvalue weighted by Crippen LogP contribution is 2.30. The number of aromatic nitrogens is 2. The largest absolute Gasteiger partial charge is 0.416 e. The first-order valence-electron chi connectivity index (χ1n) is 6.88. The van der Waals surface area contributed by atoms with Crippen molar-refractivity contribution in [3.05, 3.63) is 41.0 Å². The number of carbonyl (C=O) groups excluding carboxylic acids is 1. The van der Waals surface area contributed by atoms with Gasteiger partial charge in [0.2, 0.25) is 0 Å². The average molecular weight is 343 g/mol. The summed E-state index contributed by atoms with van der Waals surface area (Å²) < 4.78 is 38.2. The molecule has 0 aliphatic rings. The van der Waals surface area contributed by atoms with Gasteiger partial charge >= 0.3 is 12.2 Å². The summed E-state index contributed by atoms with van der Waals surface area (Å²) in [7, 11) is 0. The van der Waals surface area contributed by atoms with Gasteiger partial charge in [-0.15, -0.1) is 0 Å². The van der Waals surface area contributed by atoms with E-state index in [1.165, 1.54) is 12.1 Å². The number of nitrogen functional groups attached to an aromatic ring is 1. The lowest BCUT2D eigenvalue weighted by atomic mass is 10.0. The smallest absolute Gasteiger partial charge is 0.394 e. The van der Waals surface area contributed by atoms with Gasteiger partial charge in [-0.2, -0.15) is 18.3 Å². The summed E-state index contributed by atoms with van der Waals surface area (Å²) in [6.45, 7) is 1.06. The summed E-state index contributed by atoms with van der Waals surface area (Å²) in [5, 5.41) is 20.4. The number of alkyl halides is 3. The van der Waals surface area contributed by atoms with Crippen LogP contribution in [0, 0.1) is 6.92 Å². The third-order valence-electron chi connectivity index (χ3n) is 3.38. The zero-order valence-electron chi connectivity index (χ0n) is 12.6. The molecule has 0 spiro atoms. The fourth-order valence-electron chi connectivity index (χ4n) is 2.00. The molecule has 2 rings (SSSR count). The van der Waals surface area contributed by atoms with E-state index in [1.807, 2.05) is 0 Å². The number of rotatable bonds is 4. The van der Waals surface area contributed by atoms with Crippen molar-refractivity contribution in [2.24, 2.45) is 0 Å². The van der Waals surface area contributed by atoms with Crippen molar-refractivity contribution in [2.45, 2.75) is 19.1 Å². The molecule has 0 saturated heterocycles. The van der Waals surface area contributed by atoms with Crippen LogP contribution in [-0.2, 0) is 6.18 Å². The first-order valence-corrected chi connectivity index (χ1v) is 6.88. The van der Waals surface area contributed by atoms with Gasteiger partial charge in [-0.05, 0) is 24.6 Å². The van der Waals surface area contributed by atoms with E-state index in [2.05, 4.69) is 20.8 Å². The standard InChI is InChI=1S/C14H16F3N5O2/c1-7-11(18)21-22-12(7)20-13(24)19-10(6-23)8-3-2-4-9(5-8)14(15,16)17/h2-5,10,23H,6H2,1H3,(H5,18,19,20,21,22,24). The third kappa shape index (κ3) is 3.96. The Morgan fingerprint density at radius 3 is 2.71 bits per heavy atom. The Kier molecular flexibility index (Phi) is 4.98. The molecule has 0 radical (unpaired) electrons. The first-order chi connectivity index (χ1) is 11.2. The molecule has 2 amide bonds. The number of halogens is 3. The molecule has 2 aromatic rings. The highest BCUT2D eigenvalue weighted by atomic mass is 19.4. The molecule has 24 heavy (non-hydrogen) atoms. The van der Waals surface area contributed by atoms with Crippen molar-refractivity contribution in [3.63, 3.8) is 0 Å². The van der Waals surface area contributed by atoms with E-state index in [9.17, 15) is 23.1 Å². The first kappa shape index (κ1) is 17.6. The monoisotopic (exact) mass is 343 g/mol. The second-order valence-corrected chi connectivity index (χ2v) is 5.07. The predicted molar refractivity (Wildman–Crippen MR) is 81.2 cm³/mol. The van der Waals surface area contributed by atoms with Gasteiger partial charge < -0.3 is 16.2 Å². The number of nitrogens with two attached hydrogens (primary N) is 1. The molecule has 1 heterocycles. The fraction of sp³-hybridized carbons (Fsp3) is 0.286. The molecule has 0 fully saturated rings. The van der Waals surface area contributed by atoms with E-state index in [-0.39, 0.29) is 17.2 Å². The molecule has 130 valence electrons. The van der Waals surface area contributed by atoms with Gasteiger partial charge in [0.05, 0.1) is 18.2 Å². The number of nitrogens with zero attached hydrogens (tertiary/aromatic N) is 1. The summed E-state index contributed by atoms with van der Waals surface area (Å²) in [6.07, 6.45) is -4.51. The van der Waals surface area contributed by atoms with E-state index >= 15 is 0 Å². The minimum absolute atomic E-state index is 0.126. The van der Waals surface area contributed by atoms with Crippen LogP contribution in [0.4, 0.5) is 29.6 Å². The van der Waals surface area contributed by atoms with Crippen LogP contribution in [0.5, 0.6) is 0 Å². The minimum Gasteiger partial charge on any atom is -0.394 e. The number of hydrogen-bond acceptors (Lipinski definition) is 4. The number of aromatic amines is 1. The lowest BCUT2D eigenvalue weighted by molar-refractivity contribution is -0.137. The lowest BCUT2D eigenvalue weighted by Crippen LogP contribution is -2.34. The number of amides is 2. The van der Waals surface area contributed by atoms with Crippen LogP contribution in [0.2, 0.25) is 0 Å². The van der Waals surface area contributed by atoms with Gasteiger partial charge in [-0.3, -0.25) is 10.4 Å². The molecule has 6 N–H and O–H groups in total. The number of carbonyl (C=O) groups is 1. The fourth-order valence-corrected chi connectivity index (χ4v) is 2.00. The SMILES string of the molecule is Cc1c(NC(=O)NC(CO)c2cccc(C(F)(F)F)c2)n[nH]c1N. The number of hydrogen-bond donors (Lipinski definition) is 5. The highest BCUT2D eigenvalue weighted by Gasteiger charge is 2.31. The molecule has 10 heteroatoms. The minimum atomic E-state index is -4.51. The predicted octanol–water partition coefficient (Wildman–Crippen LogP) is 2.17. The molecule has 0 bridgehead atoms. The third-order valence-corrected chi connectivity index (χ3v) is 3.38. The summed E-state index contributed by atoms with van der Waals surface area (Å²) in [6, 6.07) is 2.63. The molecule has 0 saturated carbocycles. The van der Waals surface area contributed by atoms with Crippen molar-refractivity contribution in [1.82, 2.24) is 15.5 Å². The summed E-state index contributed by atoms with van der Waals surface area (Å²) >= 11 is 0. The Labute approximate surface area is 135 Å². The van der Waals surface area contributed by atoms with Crippen molar-refractivity contribution < 1.29 is 23.1 Å². The number of anilines is 2. The lowest BCUT2D eigenvalue weighted by Gasteiger charge is -2.18. The van der Waals surface area contributed by atoms with Gasteiger partial charge in [-0.1, -0.05) is 12.1 Å². The van der Waals surface area contributed by atoms with E-state index in [1.54, 1.807) is 6.92 Å². The van der Waals surface area contributed by atoms with Crippen LogP contribution in [0.3, 0.4) is 0 Å². The molecular weight excluding hydrogens is 327 g/mol. The summed E-state index contributed by atoms with van der Waals surface area (Å²) in [4.78, 5) is 11.9. The summed E-state index contributed by atoms with van der Waals surface area (Å²) in [5.41, 5.74) is 5.34. The van der Waals surface area contributed by atoms with Crippen molar-refractivity contribution in [1.29, 1.82) is 0 Å². The van der Waals surface area contributed by atoms with Gasteiger partial charge in [0.15, 0.2) is 5.82 Å². The van der Waals surface area contributed by atoms with Crippen molar-refractivity contribution in [3.8, 4) is 0 Å². The Balaban J connectivity index is 2.12. The molecule has 1 unspecified atom stereocenters. The molecule has 1 aromatic heterocycles. The molecule has 0 aliphatic carbocycles. The Hall–Kier alpha value is -2.75. The topological polar surface area (TPSA) is 116 Å². The quantitative estimate of drug-likeness (QED) is 0.585. The molecule has 0 aliphatic heterocycles. The number of aliphatic hydroxyl groups excluding tert-OH is 1. The van der Waals surface area contributed by atoms with E-state index in [0.717, 1.165) is 12.1 Å².